The Balaban J connectivity index is 1.42. The largest absolute Gasteiger partial charge is 0.478 e. The summed E-state index contributed by atoms with van der Waals surface area (Å²) in [7, 11) is 0. The molecule has 1 saturated heterocycles. The maximum Gasteiger partial charge on any atom is 0.335 e. The number of hydrogen-bond donors (Lipinski definition) is 2. The molecule has 1 aromatic heterocycles. The molecule has 1 N–H and O–H groups in total. The van der Waals surface area contributed by atoms with Crippen LogP contribution >= 0.6 is 12.6 Å². The van der Waals surface area contributed by atoms with Gasteiger partial charge in [-0.25, -0.2) is 27.9 Å². The van der Waals surface area contributed by atoms with Gasteiger partial charge in [-0.2, -0.15) is 12.6 Å². The lowest BCUT2D eigenvalue weighted by Gasteiger charge is -2.24. The molecule has 0 spiro atoms. The van der Waals surface area contributed by atoms with Crippen LogP contribution in [-0.4, -0.2) is 45.5 Å². The van der Waals surface area contributed by atoms with Crippen LogP contribution in [-0.2, 0) is 11.3 Å². The number of anilines is 1. The zero-order valence-electron chi connectivity index (χ0n) is 17.3. The van der Waals surface area contributed by atoms with Crippen LogP contribution in [0.5, 0.6) is 0 Å². The third-order valence-corrected chi connectivity index (χ3v) is 5.78. The monoisotopic (exact) mass is 475 g/mol. The van der Waals surface area contributed by atoms with E-state index in [1.54, 1.807) is 24.5 Å². The number of ether oxygens (including phenoxy) is 1. The van der Waals surface area contributed by atoms with Crippen LogP contribution in [0.15, 0.2) is 48.8 Å². The van der Waals surface area contributed by atoms with E-state index in [9.17, 15) is 18.0 Å². The van der Waals surface area contributed by atoms with Gasteiger partial charge in [0.25, 0.3) is 0 Å². The highest BCUT2D eigenvalue weighted by molar-refractivity contribution is 7.81. The summed E-state index contributed by atoms with van der Waals surface area (Å²) in [6, 6.07) is 7.58. The minimum absolute atomic E-state index is 0.0598. The number of benzene rings is 2. The molecule has 3 aromatic rings. The van der Waals surface area contributed by atoms with Crippen molar-refractivity contribution >= 4 is 24.5 Å². The van der Waals surface area contributed by atoms with Gasteiger partial charge in [0.2, 0.25) is 5.95 Å². The van der Waals surface area contributed by atoms with E-state index in [1.807, 2.05) is 4.90 Å². The van der Waals surface area contributed by atoms with Gasteiger partial charge in [-0.1, -0.05) is 12.1 Å². The molecule has 6 nitrogen and oxygen atoms in total. The normalized spacial score (nSPS) is 18.0. The van der Waals surface area contributed by atoms with Gasteiger partial charge in [0.05, 0.1) is 24.8 Å². The second kappa shape index (κ2) is 9.80. The van der Waals surface area contributed by atoms with Gasteiger partial charge in [-0.3, -0.25) is 0 Å². The first-order valence-electron chi connectivity index (χ1n) is 10.1. The number of rotatable bonds is 7. The summed E-state index contributed by atoms with van der Waals surface area (Å²) in [6.45, 7) is 0.595. The summed E-state index contributed by atoms with van der Waals surface area (Å²) in [4.78, 5) is 21.8. The van der Waals surface area contributed by atoms with E-state index in [4.69, 9.17) is 9.84 Å². The topological polar surface area (TPSA) is 75.5 Å². The zero-order valence-corrected chi connectivity index (χ0v) is 18.2. The Labute approximate surface area is 193 Å². The van der Waals surface area contributed by atoms with E-state index in [0.717, 1.165) is 17.2 Å². The van der Waals surface area contributed by atoms with E-state index in [-0.39, 0.29) is 35.6 Å². The lowest BCUT2D eigenvalue weighted by atomic mass is 10.1. The first-order valence-corrected chi connectivity index (χ1v) is 10.6. The summed E-state index contributed by atoms with van der Waals surface area (Å²) < 4.78 is 45.9. The minimum atomic E-state index is -1.24. The number of carboxylic acids is 1. The van der Waals surface area contributed by atoms with Gasteiger partial charge in [-0.05, 0) is 30.2 Å². The average Bonchev–Trinajstić information content (AvgIpc) is 3.17. The van der Waals surface area contributed by atoms with E-state index in [2.05, 4.69) is 22.6 Å². The maximum atomic E-state index is 13.8. The van der Waals surface area contributed by atoms with Crippen LogP contribution in [0.25, 0.3) is 11.1 Å². The molecule has 2 aromatic carbocycles. The fourth-order valence-corrected chi connectivity index (χ4v) is 4.12. The van der Waals surface area contributed by atoms with Gasteiger partial charge in [0.15, 0.2) is 11.6 Å². The van der Waals surface area contributed by atoms with E-state index >= 15 is 0 Å². The van der Waals surface area contributed by atoms with E-state index < -0.39 is 23.4 Å². The average molecular weight is 475 g/mol. The Kier molecular flexibility index (Phi) is 6.85. The molecule has 172 valence electrons. The quantitative estimate of drug-likeness (QED) is 0.391. The molecule has 0 aliphatic carbocycles. The van der Waals surface area contributed by atoms with Crippen molar-refractivity contribution in [2.24, 2.45) is 0 Å². The second-order valence-corrected chi connectivity index (χ2v) is 8.45. The van der Waals surface area contributed by atoms with Crippen LogP contribution in [0.4, 0.5) is 19.1 Å². The van der Waals surface area contributed by atoms with E-state index in [1.165, 1.54) is 12.1 Å². The minimum Gasteiger partial charge on any atom is -0.478 e. The molecule has 10 heteroatoms. The number of carboxylic acid groups (broad SMARTS) is 1. The Morgan fingerprint density at radius 2 is 1.73 bits per heavy atom. The highest BCUT2D eigenvalue weighted by atomic mass is 32.1. The van der Waals surface area contributed by atoms with Crippen molar-refractivity contribution < 1.29 is 27.8 Å². The standard InChI is InChI=1S/C23H20F3N3O3S/c24-19-7-21(26)20(25)5-15(19)11-32-12-17-6-18(33)10-29(17)23-27-8-16(9-28-23)13-1-3-14(4-2-13)22(30)31/h1-5,7-9,17-18,33H,6,10-12H2,(H,30,31). The van der Waals surface area contributed by atoms with Crippen LogP contribution in [0, 0.1) is 17.5 Å². The maximum absolute atomic E-state index is 13.8. The Morgan fingerprint density at radius 1 is 1.06 bits per heavy atom. The van der Waals surface area contributed by atoms with Crippen LogP contribution in [0.2, 0.25) is 0 Å². The first-order chi connectivity index (χ1) is 15.8. The molecular weight excluding hydrogens is 455 g/mol. The summed E-state index contributed by atoms with van der Waals surface area (Å²) in [5.74, 6) is -3.75. The van der Waals surface area contributed by atoms with Crippen molar-refractivity contribution in [3.05, 3.63) is 77.4 Å². The molecule has 0 bridgehead atoms. The molecule has 0 saturated carbocycles. The summed E-state index contributed by atoms with van der Waals surface area (Å²) in [5, 5.41) is 9.08. The molecule has 2 unspecified atom stereocenters. The highest BCUT2D eigenvalue weighted by Gasteiger charge is 2.32. The van der Waals surface area contributed by atoms with Crippen LogP contribution in [0.3, 0.4) is 0 Å². The van der Waals surface area contributed by atoms with Crippen LogP contribution < -0.4 is 4.90 Å². The summed E-state index contributed by atoms with van der Waals surface area (Å²) >= 11 is 4.55. The SMILES string of the molecule is O=C(O)c1ccc(-c2cnc(N3CC(S)CC3COCc3cc(F)c(F)cc3F)nc2)cc1. The number of aromatic carboxylic acids is 1. The van der Waals surface area contributed by atoms with Crippen molar-refractivity contribution in [3.63, 3.8) is 0 Å². The van der Waals surface area contributed by atoms with Gasteiger partial charge >= 0.3 is 5.97 Å². The van der Waals surface area contributed by atoms with Crippen molar-refractivity contribution in [3.8, 4) is 11.1 Å². The fourth-order valence-electron chi connectivity index (χ4n) is 3.70. The molecule has 0 amide bonds. The molecule has 1 aliphatic rings. The first kappa shape index (κ1) is 23.1. The highest BCUT2D eigenvalue weighted by Crippen LogP contribution is 2.27. The molecule has 33 heavy (non-hydrogen) atoms. The van der Waals surface area contributed by atoms with Crippen molar-refractivity contribution in [2.75, 3.05) is 18.1 Å². The number of aromatic nitrogens is 2. The van der Waals surface area contributed by atoms with E-state index in [0.29, 0.717) is 25.0 Å². The third-order valence-electron chi connectivity index (χ3n) is 5.41. The van der Waals surface area contributed by atoms with Crippen molar-refractivity contribution in [2.45, 2.75) is 24.3 Å². The Bertz CT molecular complexity index is 1150. The fraction of sp³-hybridized carbons (Fsp3) is 0.261. The number of nitrogens with zero attached hydrogens (tertiary/aromatic N) is 3. The number of carbonyl (C=O) groups is 1. The molecule has 4 rings (SSSR count). The predicted molar refractivity (Wildman–Crippen MR) is 119 cm³/mol. The lowest BCUT2D eigenvalue weighted by Crippen LogP contribution is -2.34. The molecule has 2 atom stereocenters. The third kappa shape index (κ3) is 5.28. The molecule has 1 fully saturated rings. The van der Waals surface area contributed by atoms with Gasteiger partial charge < -0.3 is 14.7 Å². The van der Waals surface area contributed by atoms with Crippen molar-refractivity contribution in [1.29, 1.82) is 0 Å². The second-order valence-electron chi connectivity index (χ2n) is 7.72. The molecule has 0 radical (unpaired) electrons. The number of thiol groups is 1. The van der Waals surface area contributed by atoms with Crippen LogP contribution in [0.1, 0.15) is 22.3 Å². The smallest absolute Gasteiger partial charge is 0.335 e. The Hall–Kier alpha value is -3.11. The van der Waals surface area contributed by atoms with Gasteiger partial charge in [-0.15, -0.1) is 0 Å². The lowest BCUT2D eigenvalue weighted by molar-refractivity contribution is 0.0697. The summed E-state index contributed by atoms with van der Waals surface area (Å²) in [6.07, 6.45) is 3.99. The van der Waals surface area contributed by atoms with Gasteiger partial charge in [0, 0.05) is 41.4 Å². The molecule has 2 heterocycles. The van der Waals surface area contributed by atoms with Crippen molar-refractivity contribution in [1.82, 2.24) is 9.97 Å². The summed E-state index contributed by atoms with van der Waals surface area (Å²) in [5.41, 5.74) is 1.65. The predicted octanol–water partition coefficient (Wildman–Crippen LogP) is 4.35. The number of hydrogen-bond acceptors (Lipinski definition) is 6. The molecular formula is C23H20F3N3O3S. The number of halogens is 3. The van der Waals surface area contributed by atoms with Gasteiger partial charge in [0.1, 0.15) is 5.82 Å². The Morgan fingerprint density at radius 3 is 2.39 bits per heavy atom. The molecule has 1 aliphatic heterocycles. The zero-order chi connectivity index (χ0) is 23.5.